The van der Waals surface area contributed by atoms with Gasteiger partial charge in [-0.3, -0.25) is 19.6 Å². The summed E-state index contributed by atoms with van der Waals surface area (Å²) in [5.41, 5.74) is 7.81. The second kappa shape index (κ2) is 7.66. The normalized spacial score (nSPS) is 21.9. The number of aromatic amines is 1. The Morgan fingerprint density at radius 2 is 1.94 bits per heavy atom. The van der Waals surface area contributed by atoms with E-state index in [0.717, 1.165) is 12.1 Å². The van der Waals surface area contributed by atoms with Gasteiger partial charge in [-0.15, -0.1) is 0 Å². The zero-order valence-electron chi connectivity index (χ0n) is 17.3. The van der Waals surface area contributed by atoms with Crippen molar-refractivity contribution >= 4 is 34.2 Å². The minimum atomic E-state index is -0.699. The second-order valence-electron chi connectivity index (χ2n) is 8.33. The molecule has 1 saturated carbocycles. The van der Waals surface area contributed by atoms with Crippen LogP contribution >= 0.6 is 0 Å². The number of rotatable bonds is 3. The Bertz CT molecular complexity index is 1130. The molecule has 9 heteroatoms. The average molecular weight is 419 g/mol. The summed E-state index contributed by atoms with van der Waals surface area (Å²) in [7, 11) is 0. The highest BCUT2D eigenvalue weighted by Gasteiger charge is 2.42. The lowest BCUT2D eigenvalue weighted by Crippen LogP contribution is -2.57. The largest absolute Gasteiger partial charge is 0.383 e. The van der Waals surface area contributed by atoms with Crippen molar-refractivity contribution in [2.75, 3.05) is 24.1 Å². The number of hydrogen-bond acceptors (Lipinski definition) is 6. The maximum Gasteiger partial charge on any atom is 0.314 e. The molecule has 1 saturated heterocycles. The van der Waals surface area contributed by atoms with E-state index < -0.39 is 11.8 Å². The molecular formula is C22H25N7O2. The molecule has 31 heavy (non-hydrogen) atoms. The first-order valence-electron chi connectivity index (χ1n) is 10.5. The van der Waals surface area contributed by atoms with Gasteiger partial charge in [0.25, 0.3) is 0 Å². The Hall–Kier alpha value is -3.46. The van der Waals surface area contributed by atoms with Crippen LogP contribution in [0.25, 0.3) is 10.9 Å². The SMILES string of the molecule is CC1CN(C(=O)C(=O)Nc2cnc(N)c3cn[nH]c23)C(c2ccccc2)CN1C1CC1. The maximum atomic E-state index is 13.3. The molecule has 2 aliphatic rings. The molecule has 2 amide bonds. The fraction of sp³-hybridized carbons (Fsp3) is 0.364. The van der Waals surface area contributed by atoms with E-state index in [1.54, 1.807) is 11.1 Å². The van der Waals surface area contributed by atoms with Crippen LogP contribution in [0, 0.1) is 0 Å². The van der Waals surface area contributed by atoms with E-state index in [4.69, 9.17) is 5.73 Å². The van der Waals surface area contributed by atoms with Crippen molar-refractivity contribution in [3.63, 3.8) is 0 Å². The molecule has 4 N–H and O–H groups in total. The van der Waals surface area contributed by atoms with E-state index >= 15 is 0 Å². The number of piperazine rings is 1. The van der Waals surface area contributed by atoms with Gasteiger partial charge in [0.15, 0.2) is 0 Å². The van der Waals surface area contributed by atoms with Crippen LogP contribution in [0.5, 0.6) is 0 Å². The van der Waals surface area contributed by atoms with Gasteiger partial charge in [0.05, 0.1) is 35.0 Å². The van der Waals surface area contributed by atoms with Gasteiger partial charge in [0, 0.05) is 25.2 Å². The predicted molar refractivity (Wildman–Crippen MR) is 117 cm³/mol. The highest BCUT2D eigenvalue weighted by atomic mass is 16.2. The Labute approximate surface area is 179 Å². The van der Waals surface area contributed by atoms with Gasteiger partial charge >= 0.3 is 11.8 Å². The molecule has 9 nitrogen and oxygen atoms in total. The summed E-state index contributed by atoms with van der Waals surface area (Å²) in [4.78, 5) is 34.5. The van der Waals surface area contributed by atoms with Crippen molar-refractivity contribution in [2.24, 2.45) is 0 Å². The van der Waals surface area contributed by atoms with Gasteiger partial charge in [-0.2, -0.15) is 5.10 Å². The van der Waals surface area contributed by atoms with Crippen molar-refractivity contribution in [3.8, 4) is 0 Å². The lowest BCUT2D eigenvalue weighted by Gasteiger charge is -2.45. The van der Waals surface area contributed by atoms with E-state index in [9.17, 15) is 9.59 Å². The number of pyridine rings is 1. The summed E-state index contributed by atoms with van der Waals surface area (Å²) in [6.45, 7) is 3.35. The smallest absolute Gasteiger partial charge is 0.314 e. The van der Waals surface area contributed by atoms with Gasteiger partial charge in [0.1, 0.15) is 5.82 Å². The van der Waals surface area contributed by atoms with Crippen molar-refractivity contribution in [2.45, 2.75) is 37.9 Å². The van der Waals surface area contributed by atoms with Crippen LogP contribution in [0.15, 0.2) is 42.7 Å². The first kappa shape index (κ1) is 19.5. The molecule has 1 aliphatic heterocycles. The van der Waals surface area contributed by atoms with Crippen LogP contribution in [-0.4, -0.2) is 62.0 Å². The molecule has 2 atom stereocenters. The van der Waals surface area contributed by atoms with Crippen LogP contribution in [0.4, 0.5) is 11.5 Å². The van der Waals surface area contributed by atoms with E-state index in [2.05, 4.69) is 32.3 Å². The Morgan fingerprint density at radius 1 is 1.16 bits per heavy atom. The maximum absolute atomic E-state index is 13.3. The number of nitrogens with one attached hydrogen (secondary N) is 2. The molecule has 5 rings (SSSR count). The first-order valence-corrected chi connectivity index (χ1v) is 10.5. The van der Waals surface area contributed by atoms with Gasteiger partial charge in [-0.05, 0) is 25.3 Å². The lowest BCUT2D eigenvalue weighted by molar-refractivity contribution is -0.148. The molecule has 0 spiro atoms. The predicted octanol–water partition coefficient (Wildman–Crippen LogP) is 1.91. The molecular weight excluding hydrogens is 394 g/mol. The minimum absolute atomic E-state index is 0.173. The number of H-pyrrole nitrogens is 1. The number of nitrogens with two attached hydrogens (primary N) is 1. The number of amides is 2. The van der Waals surface area contributed by atoms with E-state index in [-0.39, 0.29) is 12.1 Å². The van der Waals surface area contributed by atoms with Crippen molar-refractivity contribution in [1.29, 1.82) is 0 Å². The number of carbonyl (C=O) groups excluding carboxylic acids is 2. The molecule has 0 bridgehead atoms. The molecule has 2 aromatic heterocycles. The second-order valence-corrected chi connectivity index (χ2v) is 8.33. The number of nitrogen functional groups attached to an aromatic ring is 1. The molecule has 160 valence electrons. The lowest BCUT2D eigenvalue weighted by atomic mass is 9.99. The summed E-state index contributed by atoms with van der Waals surface area (Å²) < 4.78 is 0. The van der Waals surface area contributed by atoms with Crippen molar-refractivity contribution in [3.05, 3.63) is 48.3 Å². The molecule has 3 aromatic rings. The molecule has 3 heterocycles. The standard InChI is InChI=1S/C22H25N7O2/c1-13-11-29(18(12-28(13)15-7-8-15)14-5-3-2-4-6-14)22(31)21(30)26-17-10-24-20(23)16-9-25-27-19(16)17/h2-6,9-10,13,15,18H,7-8,11-12H2,1H3,(H2,23,24)(H,25,27)(H,26,30). The van der Waals surface area contributed by atoms with Gasteiger partial charge in [0.2, 0.25) is 0 Å². The summed E-state index contributed by atoms with van der Waals surface area (Å²) in [6.07, 6.45) is 5.37. The Morgan fingerprint density at radius 3 is 2.68 bits per heavy atom. The highest BCUT2D eigenvalue weighted by molar-refractivity contribution is 6.40. The number of nitrogens with zero attached hydrogens (tertiary/aromatic N) is 4. The molecule has 1 aromatic carbocycles. The molecule has 2 fully saturated rings. The average Bonchev–Trinajstić information content (AvgIpc) is 3.50. The van der Waals surface area contributed by atoms with Crippen LogP contribution < -0.4 is 11.1 Å². The number of anilines is 2. The molecule has 2 unspecified atom stereocenters. The summed E-state index contributed by atoms with van der Waals surface area (Å²) >= 11 is 0. The monoisotopic (exact) mass is 419 g/mol. The quantitative estimate of drug-likeness (QED) is 0.558. The third-order valence-corrected chi connectivity index (χ3v) is 6.21. The van der Waals surface area contributed by atoms with Crippen LogP contribution in [0.2, 0.25) is 0 Å². The van der Waals surface area contributed by atoms with Crippen LogP contribution in [0.3, 0.4) is 0 Å². The first-order chi connectivity index (χ1) is 15.0. The summed E-state index contributed by atoms with van der Waals surface area (Å²) in [5, 5.41) is 10.1. The van der Waals surface area contributed by atoms with Gasteiger partial charge in [-0.25, -0.2) is 4.98 Å². The Balaban J connectivity index is 1.40. The van der Waals surface area contributed by atoms with E-state index in [1.807, 2.05) is 30.3 Å². The number of aromatic nitrogens is 3. The topological polar surface area (TPSA) is 120 Å². The molecule has 0 radical (unpaired) electrons. The number of benzene rings is 1. The van der Waals surface area contributed by atoms with Crippen LogP contribution in [0.1, 0.15) is 31.4 Å². The van der Waals surface area contributed by atoms with E-state index in [0.29, 0.717) is 35.0 Å². The highest BCUT2D eigenvalue weighted by Crippen LogP contribution is 2.36. The zero-order valence-corrected chi connectivity index (χ0v) is 17.3. The van der Waals surface area contributed by atoms with Gasteiger partial charge in [-0.1, -0.05) is 30.3 Å². The summed E-state index contributed by atoms with van der Waals surface area (Å²) in [5.74, 6) is -0.946. The number of hydrogen-bond donors (Lipinski definition) is 3. The number of carbonyl (C=O) groups is 2. The number of fused-ring (bicyclic) bond motifs is 1. The summed E-state index contributed by atoms with van der Waals surface area (Å²) in [6, 6.07) is 10.5. The van der Waals surface area contributed by atoms with Crippen molar-refractivity contribution in [1.82, 2.24) is 25.0 Å². The Kier molecular flexibility index (Phi) is 4.82. The molecule has 1 aliphatic carbocycles. The van der Waals surface area contributed by atoms with Gasteiger partial charge < -0.3 is 16.0 Å². The zero-order chi connectivity index (χ0) is 21.5. The van der Waals surface area contributed by atoms with E-state index in [1.165, 1.54) is 19.0 Å². The fourth-order valence-corrected chi connectivity index (χ4v) is 4.45. The van der Waals surface area contributed by atoms with Crippen molar-refractivity contribution < 1.29 is 9.59 Å². The third kappa shape index (κ3) is 3.61. The fourth-order valence-electron chi connectivity index (χ4n) is 4.45. The van der Waals surface area contributed by atoms with Crippen LogP contribution in [-0.2, 0) is 9.59 Å². The minimum Gasteiger partial charge on any atom is -0.383 e. The third-order valence-electron chi connectivity index (χ3n) is 6.21.